The summed E-state index contributed by atoms with van der Waals surface area (Å²) in [4.78, 5) is 28.2. The van der Waals surface area contributed by atoms with Gasteiger partial charge < -0.3 is 15.3 Å². The van der Waals surface area contributed by atoms with Gasteiger partial charge in [-0.1, -0.05) is 0 Å². The maximum atomic E-state index is 11.7. The molecule has 1 aromatic rings. The van der Waals surface area contributed by atoms with Gasteiger partial charge in [0.15, 0.2) is 0 Å². The van der Waals surface area contributed by atoms with E-state index in [1.54, 1.807) is 0 Å². The Bertz CT molecular complexity index is 429. The minimum atomic E-state index is -1.05. The fourth-order valence-electron chi connectivity index (χ4n) is 1.50. The number of nitrogens with one attached hydrogen (secondary N) is 1. The van der Waals surface area contributed by atoms with Crippen LogP contribution in [0.4, 0.5) is 0 Å². The maximum absolute atomic E-state index is 11.7. The third kappa shape index (κ3) is 5.48. The highest BCUT2D eigenvalue weighted by Crippen LogP contribution is 2.00. The molecule has 1 aromatic heterocycles. The standard InChI is InChI=1S/C13H19N3O3/c1-16(2)8-4-3-7-14-12(17)11-6-5-10(9-15-11)13(18)19/h5-6,9H,3-4,7-8H2,1-2H3,(H,14,17)(H,18,19). The number of aromatic carboxylic acids is 1. The number of nitrogens with zero attached hydrogens (tertiary/aromatic N) is 2. The van der Waals surface area contributed by atoms with Crippen LogP contribution in [0.5, 0.6) is 0 Å². The number of carboxylic acids is 1. The molecule has 0 aliphatic heterocycles. The highest BCUT2D eigenvalue weighted by molar-refractivity contribution is 5.93. The number of carbonyl (C=O) groups excluding carboxylic acids is 1. The van der Waals surface area contributed by atoms with E-state index in [2.05, 4.69) is 15.2 Å². The number of aromatic nitrogens is 1. The summed E-state index contributed by atoms with van der Waals surface area (Å²) in [6.45, 7) is 1.58. The van der Waals surface area contributed by atoms with Crippen molar-refractivity contribution in [3.05, 3.63) is 29.6 Å². The first-order valence-electron chi connectivity index (χ1n) is 6.13. The summed E-state index contributed by atoms with van der Waals surface area (Å²) in [6, 6.07) is 2.79. The zero-order chi connectivity index (χ0) is 14.3. The zero-order valence-electron chi connectivity index (χ0n) is 11.2. The molecule has 6 nitrogen and oxygen atoms in total. The molecule has 2 N–H and O–H groups in total. The maximum Gasteiger partial charge on any atom is 0.337 e. The summed E-state index contributed by atoms with van der Waals surface area (Å²) >= 11 is 0. The van der Waals surface area contributed by atoms with Gasteiger partial charge in [-0.2, -0.15) is 0 Å². The Kier molecular flexibility index (Phi) is 5.95. The molecule has 0 aliphatic rings. The van der Waals surface area contributed by atoms with Crippen molar-refractivity contribution in [2.75, 3.05) is 27.2 Å². The van der Waals surface area contributed by atoms with Gasteiger partial charge in [-0.25, -0.2) is 4.79 Å². The number of hydrogen-bond donors (Lipinski definition) is 2. The highest BCUT2D eigenvalue weighted by atomic mass is 16.4. The molecule has 0 fully saturated rings. The van der Waals surface area contributed by atoms with Gasteiger partial charge in [-0.05, 0) is 45.6 Å². The van der Waals surface area contributed by atoms with Crippen molar-refractivity contribution < 1.29 is 14.7 Å². The molecule has 0 radical (unpaired) electrons. The Morgan fingerprint density at radius 3 is 2.58 bits per heavy atom. The molecule has 0 bridgehead atoms. The molecule has 0 saturated carbocycles. The van der Waals surface area contributed by atoms with Crippen LogP contribution in [0.2, 0.25) is 0 Å². The van der Waals surface area contributed by atoms with E-state index in [1.165, 1.54) is 18.3 Å². The van der Waals surface area contributed by atoms with E-state index in [4.69, 9.17) is 5.11 Å². The lowest BCUT2D eigenvalue weighted by molar-refractivity contribution is 0.0695. The second-order valence-electron chi connectivity index (χ2n) is 4.50. The lowest BCUT2D eigenvalue weighted by atomic mass is 10.2. The largest absolute Gasteiger partial charge is 0.478 e. The first-order chi connectivity index (χ1) is 9.00. The molecule has 1 heterocycles. The van der Waals surface area contributed by atoms with Crippen molar-refractivity contribution in [3.63, 3.8) is 0 Å². The van der Waals surface area contributed by atoms with E-state index in [0.717, 1.165) is 19.4 Å². The molecule has 0 spiro atoms. The third-order valence-electron chi connectivity index (χ3n) is 2.56. The van der Waals surface area contributed by atoms with Gasteiger partial charge in [0.05, 0.1) is 5.56 Å². The minimum Gasteiger partial charge on any atom is -0.478 e. The normalized spacial score (nSPS) is 10.5. The lowest BCUT2D eigenvalue weighted by Gasteiger charge is -2.09. The Morgan fingerprint density at radius 2 is 2.05 bits per heavy atom. The van der Waals surface area contributed by atoms with Crippen molar-refractivity contribution in [2.24, 2.45) is 0 Å². The molecular formula is C13H19N3O3. The number of amides is 1. The first kappa shape index (κ1) is 15.1. The lowest BCUT2D eigenvalue weighted by Crippen LogP contribution is -2.26. The van der Waals surface area contributed by atoms with Crippen LogP contribution < -0.4 is 5.32 Å². The van der Waals surface area contributed by atoms with Crippen molar-refractivity contribution in [3.8, 4) is 0 Å². The minimum absolute atomic E-state index is 0.0718. The monoisotopic (exact) mass is 265 g/mol. The SMILES string of the molecule is CN(C)CCCCNC(=O)c1ccc(C(=O)O)cn1. The summed E-state index contributed by atoms with van der Waals surface area (Å²) in [7, 11) is 4.01. The average molecular weight is 265 g/mol. The van der Waals surface area contributed by atoms with E-state index in [-0.39, 0.29) is 17.2 Å². The molecule has 1 rings (SSSR count). The number of hydrogen-bond acceptors (Lipinski definition) is 4. The molecule has 0 aromatic carbocycles. The molecule has 19 heavy (non-hydrogen) atoms. The Labute approximate surface area is 112 Å². The molecule has 0 saturated heterocycles. The third-order valence-corrected chi connectivity index (χ3v) is 2.56. The quantitative estimate of drug-likeness (QED) is 0.714. The molecule has 104 valence electrons. The van der Waals surface area contributed by atoms with E-state index >= 15 is 0 Å². The smallest absolute Gasteiger partial charge is 0.337 e. The van der Waals surface area contributed by atoms with Crippen LogP contribution >= 0.6 is 0 Å². The van der Waals surface area contributed by atoms with Crippen LogP contribution in [0.15, 0.2) is 18.3 Å². The van der Waals surface area contributed by atoms with E-state index < -0.39 is 5.97 Å². The highest BCUT2D eigenvalue weighted by Gasteiger charge is 2.08. The Balaban J connectivity index is 2.35. The van der Waals surface area contributed by atoms with Gasteiger partial charge in [0.1, 0.15) is 5.69 Å². The fourth-order valence-corrected chi connectivity index (χ4v) is 1.50. The van der Waals surface area contributed by atoms with Crippen LogP contribution in [0.1, 0.15) is 33.7 Å². The second kappa shape index (κ2) is 7.48. The van der Waals surface area contributed by atoms with Gasteiger partial charge in [-0.3, -0.25) is 9.78 Å². The first-order valence-corrected chi connectivity index (χ1v) is 6.13. The van der Waals surface area contributed by atoms with Crippen molar-refractivity contribution in [2.45, 2.75) is 12.8 Å². The predicted octanol–water partition coefficient (Wildman–Crippen LogP) is 0.851. The summed E-state index contributed by atoms with van der Waals surface area (Å²) in [5.74, 6) is -1.33. The van der Waals surface area contributed by atoms with Gasteiger partial charge in [0.2, 0.25) is 0 Å². The van der Waals surface area contributed by atoms with E-state index in [0.29, 0.717) is 6.54 Å². The van der Waals surface area contributed by atoms with Crippen molar-refractivity contribution in [1.29, 1.82) is 0 Å². The zero-order valence-corrected chi connectivity index (χ0v) is 11.2. The van der Waals surface area contributed by atoms with Crippen LogP contribution in [-0.2, 0) is 0 Å². The second-order valence-corrected chi connectivity index (χ2v) is 4.50. The number of unbranched alkanes of at least 4 members (excludes halogenated alkanes) is 1. The van der Waals surface area contributed by atoms with Gasteiger partial charge >= 0.3 is 5.97 Å². The topological polar surface area (TPSA) is 82.5 Å². The predicted molar refractivity (Wildman–Crippen MR) is 71.3 cm³/mol. The van der Waals surface area contributed by atoms with Crippen LogP contribution in [-0.4, -0.2) is 54.1 Å². The van der Waals surface area contributed by atoms with Crippen molar-refractivity contribution in [1.82, 2.24) is 15.2 Å². The van der Waals surface area contributed by atoms with E-state index in [9.17, 15) is 9.59 Å². The Morgan fingerprint density at radius 1 is 1.32 bits per heavy atom. The summed E-state index contributed by atoms with van der Waals surface area (Å²) in [5, 5.41) is 11.5. The summed E-state index contributed by atoms with van der Waals surface area (Å²) in [6.07, 6.45) is 3.10. The summed E-state index contributed by atoms with van der Waals surface area (Å²) in [5.41, 5.74) is 0.306. The van der Waals surface area contributed by atoms with E-state index in [1.807, 2.05) is 14.1 Å². The number of pyridine rings is 1. The number of rotatable bonds is 7. The number of carboxylic acid groups (broad SMARTS) is 1. The molecule has 0 unspecified atom stereocenters. The van der Waals surface area contributed by atoms with Crippen LogP contribution in [0.25, 0.3) is 0 Å². The van der Waals surface area contributed by atoms with Gasteiger partial charge in [0.25, 0.3) is 5.91 Å². The van der Waals surface area contributed by atoms with Gasteiger partial charge in [0, 0.05) is 12.7 Å². The molecule has 6 heteroatoms. The fraction of sp³-hybridized carbons (Fsp3) is 0.462. The average Bonchev–Trinajstić information content (AvgIpc) is 2.37. The Hall–Kier alpha value is -1.95. The molecule has 1 amide bonds. The number of carbonyl (C=O) groups is 2. The molecule has 0 aliphatic carbocycles. The molecular weight excluding hydrogens is 246 g/mol. The van der Waals surface area contributed by atoms with Crippen molar-refractivity contribution >= 4 is 11.9 Å². The van der Waals surface area contributed by atoms with Crippen LogP contribution in [0.3, 0.4) is 0 Å². The molecule has 0 atom stereocenters. The van der Waals surface area contributed by atoms with Crippen LogP contribution in [0, 0.1) is 0 Å². The summed E-state index contributed by atoms with van der Waals surface area (Å²) < 4.78 is 0. The van der Waals surface area contributed by atoms with Gasteiger partial charge in [-0.15, -0.1) is 0 Å².